The second-order valence-corrected chi connectivity index (χ2v) is 5.17. The van der Waals surface area contributed by atoms with E-state index >= 15 is 0 Å². The lowest BCUT2D eigenvalue weighted by molar-refractivity contribution is -0.117. The molecule has 8 heteroatoms. The van der Waals surface area contributed by atoms with Gasteiger partial charge in [0.15, 0.2) is 11.6 Å². The molecule has 0 bridgehead atoms. The molecular formula is C13H17N5O3. The van der Waals surface area contributed by atoms with Crippen molar-refractivity contribution in [2.45, 2.75) is 32.7 Å². The molecule has 1 amide bonds. The molecule has 1 aliphatic rings. The van der Waals surface area contributed by atoms with Gasteiger partial charge in [0.05, 0.1) is 12.6 Å². The van der Waals surface area contributed by atoms with E-state index in [1.54, 1.807) is 19.9 Å². The van der Waals surface area contributed by atoms with Crippen LogP contribution in [0, 0.1) is 13.8 Å². The first-order chi connectivity index (χ1) is 10.1. The quantitative estimate of drug-likeness (QED) is 0.910. The van der Waals surface area contributed by atoms with Crippen LogP contribution < -0.4 is 5.32 Å². The number of carbonyl (C=O) groups is 1. The van der Waals surface area contributed by atoms with Crippen molar-refractivity contribution in [1.29, 1.82) is 0 Å². The van der Waals surface area contributed by atoms with Crippen LogP contribution in [0.4, 0.5) is 5.82 Å². The number of aryl methyl sites for hydroxylation is 2. The molecule has 1 saturated heterocycles. The van der Waals surface area contributed by atoms with Crippen LogP contribution in [-0.2, 0) is 4.79 Å². The second kappa shape index (κ2) is 5.65. The normalized spacial score (nSPS) is 19.0. The van der Waals surface area contributed by atoms with Crippen molar-refractivity contribution < 1.29 is 13.8 Å². The van der Waals surface area contributed by atoms with Crippen molar-refractivity contribution in [3.8, 4) is 0 Å². The van der Waals surface area contributed by atoms with Crippen LogP contribution in [0.15, 0.2) is 15.1 Å². The van der Waals surface area contributed by atoms with E-state index in [4.69, 9.17) is 9.05 Å². The number of rotatable bonds is 4. The molecule has 0 saturated carbocycles. The van der Waals surface area contributed by atoms with Crippen LogP contribution in [-0.4, -0.2) is 39.2 Å². The molecule has 1 atom stereocenters. The lowest BCUT2D eigenvalue weighted by Gasteiger charge is -2.20. The van der Waals surface area contributed by atoms with Crippen molar-refractivity contribution in [3.05, 3.63) is 23.5 Å². The van der Waals surface area contributed by atoms with E-state index in [0.29, 0.717) is 23.3 Å². The fourth-order valence-electron chi connectivity index (χ4n) is 2.55. The SMILES string of the molecule is Cc1cc(NC(=O)CN2CCCC2c2noc(C)n2)no1. The first-order valence-electron chi connectivity index (χ1n) is 6.89. The molecule has 1 fully saturated rings. The van der Waals surface area contributed by atoms with Crippen LogP contribution in [0.5, 0.6) is 0 Å². The maximum absolute atomic E-state index is 12.1. The third kappa shape index (κ3) is 3.10. The number of nitrogens with one attached hydrogen (secondary N) is 1. The Balaban J connectivity index is 1.62. The third-order valence-electron chi connectivity index (χ3n) is 3.45. The number of hydrogen-bond donors (Lipinski definition) is 1. The Morgan fingerprint density at radius 3 is 2.95 bits per heavy atom. The number of amides is 1. The highest BCUT2D eigenvalue weighted by molar-refractivity contribution is 5.91. The number of nitrogens with zero attached hydrogens (tertiary/aromatic N) is 4. The minimum atomic E-state index is -0.129. The van der Waals surface area contributed by atoms with Gasteiger partial charge in [-0.2, -0.15) is 4.98 Å². The lowest BCUT2D eigenvalue weighted by Crippen LogP contribution is -2.33. The highest BCUT2D eigenvalue weighted by Crippen LogP contribution is 2.29. The second-order valence-electron chi connectivity index (χ2n) is 5.17. The first kappa shape index (κ1) is 13.7. The number of anilines is 1. The van der Waals surface area contributed by atoms with Crippen LogP contribution in [0.1, 0.15) is 36.4 Å². The smallest absolute Gasteiger partial charge is 0.239 e. The van der Waals surface area contributed by atoms with Gasteiger partial charge >= 0.3 is 0 Å². The first-order valence-corrected chi connectivity index (χ1v) is 6.89. The lowest BCUT2D eigenvalue weighted by atomic mass is 10.2. The van der Waals surface area contributed by atoms with Gasteiger partial charge in [0.25, 0.3) is 0 Å². The summed E-state index contributed by atoms with van der Waals surface area (Å²) in [7, 11) is 0. The van der Waals surface area contributed by atoms with Gasteiger partial charge in [0.2, 0.25) is 11.8 Å². The van der Waals surface area contributed by atoms with Gasteiger partial charge in [-0.3, -0.25) is 9.69 Å². The largest absolute Gasteiger partial charge is 0.360 e. The molecule has 3 rings (SSSR count). The van der Waals surface area contributed by atoms with Crippen LogP contribution in [0.3, 0.4) is 0 Å². The van der Waals surface area contributed by atoms with Crippen LogP contribution >= 0.6 is 0 Å². The monoisotopic (exact) mass is 291 g/mol. The zero-order valence-corrected chi connectivity index (χ0v) is 12.0. The van der Waals surface area contributed by atoms with Gasteiger partial charge in [-0.1, -0.05) is 10.3 Å². The topological polar surface area (TPSA) is 97.3 Å². The number of hydrogen-bond acceptors (Lipinski definition) is 7. The number of aromatic nitrogens is 3. The minimum absolute atomic E-state index is 0.0345. The van der Waals surface area contributed by atoms with Crippen molar-refractivity contribution in [2.75, 3.05) is 18.4 Å². The van der Waals surface area contributed by atoms with Crippen molar-refractivity contribution in [1.82, 2.24) is 20.2 Å². The maximum atomic E-state index is 12.1. The summed E-state index contributed by atoms with van der Waals surface area (Å²) in [5.74, 6) is 2.15. The number of likely N-dealkylation sites (tertiary alicyclic amines) is 1. The zero-order chi connectivity index (χ0) is 14.8. The summed E-state index contributed by atoms with van der Waals surface area (Å²) in [6.07, 6.45) is 1.93. The Bertz CT molecular complexity index is 635. The third-order valence-corrected chi connectivity index (χ3v) is 3.45. The van der Waals surface area contributed by atoms with E-state index in [9.17, 15) is 4.79 Å². The summed E-state index contributed by atoms with van der Waals surface area (Å²) in [5, 5.41) is 10.4. The van der Waals surface area contributed by atoms with Crippen molar-refractivity contribution in [3.63, 3.8) is 0 Å². The molecule has 1 unspecified atom stereocenters. The van der Waals surface area contributed by atoms with Crippen molar-refractivity contribution >= 4 is 11.7 Å². The molecule has 0 radical (unpaired) electrons. The van der Waals surface area contributed by atoms with Gasteiger partial charge in [-0.25, -0.2) is 0 Å². The van der Waals surface area contributed by atoms with E-state index in [2.05, 4.69) is 20.6 Å². The van der Waals surface area contributed by atoms with Gasteiger partial charge in [-0.05, 0) is 26.3 Å². The molecule has 2 aromatic heterocycles. The summed E-state index contributed by atoms with van der Waals surface area (Å²) in [6.45, 7) is 4.64. The Kier molecular flexibility index (Phi) is 3.70. The van der Waals surface area contributed by atoms with E-state index in [1.807, 2.05) is 4.90 Å². The Morgan fingerprint density at radius 1 is 1.43 bits per heavy atom. The summed E-state index contributed by atoms with van der Waals surface area (Å²) in [4.78, 5) is 18.4. The number of carbonyl (C=O) groups excluding carboxylic acids is 1. The minimum Gasteiger partial charge on any atom is -0.360 e. The van der Waals surface area contributed by atoms with Gasteiger partial charge in [0.1, 0.15) is 5.76 Å². The van der Waals surface area contributed by atoms with Gasteiger partial charge < -0.3 is 14.4 Å². The highest BCUT2D eigenvalue weighted by Gasteiger charge is 2.31. The molecule has 1 aliphatic heterocycles. The summed E-state index contributed by atoms with van der Waals surface area (Å²) in [6, 6.07) is 1.72. The van der Waals surface area contributed by atoms with E-state index in [0.717, 1.165) is 19.4 Å². The molecule has 0 spiro atoms. The summed E-state index contributed by atoms with van der Waals surface area (Å²) < 4.78 is 9.94. The molecule has 1 N–H and O–H groups in total. The Hall–Kier alpha value is -2.22. The Labute approximate surface area is 121 Å². The molecule has 112 valence electrons. The average Bonchev–Trinajstić information content (AvgIpc) is 3.12. The predicted molar refractivity (Wildman–Crippen MR) is 72.5 cm³/mol. The van der Waals surface area contributed by atoms with E-state index < -0.39 is 0 Å². The van der Waals surface area contributed by atoms with Gasteiger partial charge in [-0.15, -0.1) is 0 Å². The summed E-state index contributed by atoms with van der Waals surface area (Å²) >= 11 is 0. The fourth-order valence-corrected chi connectivity index (χ4v) is 2.55. The molecule has 21 heavy (non-hydrogen) atoms. The Morgan fingerprint density at radius 2 is 2.29 bits per heavy atom. The van der Waals surface area contributed by atoms with E-state index in [-0.39, 0.29) is 18.5 Å². The molecule has 0 aliphatic carbocycles. The van der Waals surface area contributed by atoms with Crippen LogP contribution in [0.2, 0.25) is 0 Å². The van der Waals surface area contributed by atoms with Gasteiger partial charge in [0, 0.05) is 13.0 Å². The van der Waals surface area contributed by atoms with E-state index in [1.165, 1.54) is 0 Å². The van der Waals surface area contributed by atoms with Crippen molar-refractivity contribution in [2.24, 2.45) is 0 Å². The molecule has 0 aromatic carbocycles. The van der Waals surface area contributed by atoms with Crippen LogP contribution in [0.25, 0.3) is 0 Å². The molecular weight excluding hydrogens is 274 g/mol. The summed E-state index contributed by atoms with van der Waals surface area (Å²) in [5.41, 5.74) is 0. The molecule has 3 heterocycles. The average molecular weight is 291 g/mol. The predicted octanol–water partition coefficient (Wildman–Crippen LogP) is 1.45. The standard InChI is InChI=1S/C13H17N5O3/c1-8-6-11(16-20-8)15-12(19)7-18-5-3-4-10(18)13-14-9(2)21-17-13/h6,10H,3-5,7H2,1-2H3,(H,15,16,19). The maximum Gasteiger partial charge on any atom is 0.239 e. The molecule has 8 nitrogen and oxygen atoms in total. The fraction of sp³-hybridized carbons (Fsp3) is 0.538. The zero-order valence-electron chi connectivity index (χ0n) is 12.0. The molecule has 2 aromatic rings. The highest BCUT2D eigenvalue weighted by atomic mass is 16.5.